The minimum absolute atomic E-state index is 0.0372. The molecule has 0 heterocycles. The van der Waals surface area contributed by atoms with E-state index in [1.165, 1.54) is 6.20 Å². The number of rotatable bonds is 2. The van der Waals surface area contributed by atoms with Crippen LogP contribution in [-0.4, -0.2) is 0 Å². The highest BCUT2D eigenvalue weighted by Crippen LogP contribution is 2.34. The van der Waals surface area contributed by atoms with Crippen LogP contribution in [0, 0.1) is 36.5 Å². The normalized spacial score (nSPS) is 9.06. The molecule has 0 radical (unpaired) electrons. The number of halogens is 2. The summed E-state index contributed by atoms with van der Waals surface area (Å²) in [6, 6.07) is 5.52. The molecule has 0 aliphatic rings. The molecule has 1 rings (SSSR count). The van der Waals surface area contributed by atoms with Crippen LogP contribution in [0.25, 0.3) is 0 Å². The summed E-state index contributed by atoms with van der Waals surface area (Å²) in [6.45, 7) is 3.96. The van der Waals surface area contributed by atoms with Crippen LogP contribution in [0.1, 0.15) is 11.1 Å². The number of hydrogen-bond donors (Lipinski definition) is 1. The van der Waals surface area contributed by atoms with Crippen molar-refractivity contribution in [2.45, 2.75) is 13.8 Å². The summed E-state index contributed by atoms with van der Waals surface area (Å²) in [5.74, 6) is 0. The lowest BCUT2D eigenvalue weighted by Crippen LogP contribution is -1.95. The van der Waals surface area contributed by atoms with Crippen LogP contribution in [0.3, 0.4) is 0 Å². The van der Waals surface area contributed by atoms with Gasteiger partial charge in [0.15, 0.2) is 0 Å². The fraction of sp³-hybridized carbons (Fsp3) is 0.167. The minimum Gasteiger partial charge on any atom is -0.359 e. The molecule has 1 N–H and O–H groups in total. The second-order valence-corrected chi connectivity index (χ2v) is 5.01. The Morgan fingerprint density at radius 1 is 1.24 bits per heavy atom. The molecule has 1 aromatic carbocycles. The van der Waals surface area contributed by atoms with Gasteiger partial charge in [-0.15, -0.1) is 0 Å². The Morgan fingerprint density at radius 3 is 2.35 bits per heavy atom. The van der Waals surface area contributed by atoms with Crippen LogP contribution in [0.5, 0.6) is 0 Å². The van der Waals surface area contributed by atoms with Crippen molar-refractivity contribution in [3.63, 3.8) is 0 Å². The van der Waals surface area contributed by atoms with Gasteiger partial charge in [0.2, 0.25) is 0 Å². The molecular weight excluding hydrogens is 346 g/mol. The number of nitriles is 2. The van der Waals surface area contributed by atoms with Crippen molar-refractivity contribution in [1.29, 1.82) is 10.5 Å². The van der Waals surface area contributed by atoms with Gasteiger partial charge in [-0.2, -0.15) is 10.5 Å². The molecule has 0 aliphatic heterocycles. The lowest BCUT2D eigenvalue weighted by atomic mass is 10.1. The highest BCUT2D eigenvalue weighted by Gasteiger charge is 2.08. The zero-order chi connectivity index (χ0) is 13.0. The molecule has 0 bridgehead atoms. The van der Waals surface area contributed by atoms with Crippen LogP contribution in [0.4, 0.5) is 5.69 Å². The fourth-order valence-corrected chi connectivity index (χ4v) is 2.29. The van der Waals surface area contributed by atoms with E-state index < -0.39 is 0 Å². The van der Waals surface area contributed by atoms with Gasteiger partial charge in [-0.05, 0) is 47.0 Å². The number of allylic oxidation sites excluding steroid dienone is 1. The number of nitrogens with zero attached hydrogens (tertiary/aromatic N) is 2. The van der Waals surface area contributed by atoms with Crippen molar-refractivity contribution in [3.05, 3.63) is 37.9 Å². The highest BCUT2D eigenvalue weighted by molar-refractivity contribution is 9.11. The van der Waals surface area contributed by atoms with Crippen molar-refractivity contribution in [2.24, 2.45) is 0 Å². The third-order valence-corrected chi connectivity index (χ3v) is 4.46. The molecule has 3 nitrogen and oxygen atoms in total. The Balaban J connectivity index is 3.15. The number of anilines is 1. The van der Waals surface area contributed by atoms with E-state index >= 15 is 0 Å². The molecule has 0 saturated carbocycles. The van der Waals surface area contributed by atoms with E-state index in [1.54, 1.807) is 12.1 Å². The number of benzene rings is 1. The minimum atomic E-state index is 0.0372. The molecule has 86 valence electrons. The van der Waals surface area contributed by atoms with Crippen molar-refractivity contribution < 1.29 is 0 Å². The Hall–Kier alpha value is -1.30. The van der Waals surface area contributed by atoms with E-state index in [9.17, 15) is 0 Å². The van der Waals surface area contributed by atoms with Crippen LogP contribution in [0.2, 0.25) is 0 Å². The van der Waals surface area contributed by atoms with Gasteiger partial charge in [0, 0.05) is 15.1 Å². The molecule has 1 aromatic rings. The highest BCUT2D eigenvalue weighted by atomic mass is 79.9. The van der Waals surface area contributed by atoms with Gasteiger partial charge in [-0.3, -0.25) is 0 Å². The van der Waals surface area contributed by atoms with E-state index in [4.69, 9.17) is 10.5 Å². The molecular formula is C12H9Br2N3. The molecule has 0 aliphatic carbocycles. The summed E-state index contributed by atoms with van der Waals surface area (Å²) in [4.78, 5) is 0. The van der Waals surface area contributed by atoms with Gasteiger partial charge in [-0.25, -0.2) is 0 Å². The zero-order valence-corrected chi connectivity index (χ0v) is 12.5. The first kappa shape index (κ1) is 13.8. The van der Waals surface area contributed by atoms with E-state index in [2.05, 4.69) is 37.2 Å². The maximum absolute atomic E-state index is 8.63. The monoisotopic (exact) mass is 353 g/mol. The first-order chi connectivity index (χ1) is 8.01. The average Bonchev–Trinajstić information content (AvgIpc) is 2.33. The Kier molecular flexibility index (Phi) is 4.74. The molecule has 0 aromatic heterocycles. The molecule has 0 fully saturated rings. The second-order valence-electron chi connectivity index (χ2n) is 3.42. The van der Waals surface area contributed by atoms with Crippen LogP contribution < -0.4 is 5.32 Å². The Bertz CT molecular complexity index is 547. The fourth-order valence-electron chi connectivity index (χ4n) is 1.28. The molecule has 17 heavy (non-hydrogen) atoms. The molecule has 0 spiro atoms. The van der Waals surface area contributed by atoms with E-state index in [-0.39, 0.29) is 5.57 Å². The zero-order valence-electron chi connectivity index (χ0n) is 9.31. The summed E-state index contributed by atoms with van der Waals surface area (Å²) in [5, 5.41) is 20.2. The lowest BCUT2D eigenvalue weighted by molar-refractivity contribution is 1.31. The quantitative estimate of drug-likeness (QED) is 0.810. The van der Waals surface area contributed by atoms with Gasteiger partial charge in [0.1, 0.15) is 17.7 Å². The summed E-state index contributed by atoms with van der Waals surface area (Å²) < 4.78 is 1.95. The molecule has 0 amide bonds. The van der Waals surface area contributed by atoms with Crippen molar-refractivity contribution in [3.8, 4) is 12.1 Å². The molecule has 0 unspecified atom stereocenters. The molecule has 5 heteroatoms. The summed E-state index contributed by atoms with van der Waals surface area (Å²) in [5.41, 5.74) is 3.01. The number of aryl methyl sites for hydroxylation is 1. The predicted octanol–water partition coefficient (Wildman–Crippen LogP) is 4.17. The van der Waals surface area contributed by atoms with Crippen molar-refractivity contribution in [2.75, 3.05) is 5.32 Å². The van der Waals surface area contributed by atoms with Crippen molar-refractivity contribution in [1.82, 2.24) is 0 Å². The van der Waals surface area contributed by atoms with Crippen molar-refractivity contribution >= 4 is 37.5 Å². The van der Waals surface area contributed by atoms with Crippen LogP contribution in [-0.2, 0) is 0 Å². The topological polar surface area (TPSA) is 59.6 Å². The maximum atomic E-state index is 8.63. The third-order valence-electron chi connectivity index (χ3n) is 2.21. The SMILES string of the molecule is Cc1cc(NC=C(C#N)C#N)c(Br)c(C)c1Br. The second kappa shape index (κ2) is 5.86. The smallest absolute Gasteiger partial charge is 0.145 e. The summed E-state index contributed by atoms with van der Waals surface area (Å²) in [7, 11) is 0. The van der Waals surface area contributed by atoms with Gasteiger partial charge < -0.3 is 5.32 Å². The largest absolute Gasteiger partial charge is 0.359 e. The van der Waals surface area contributed by atoms with E-state index in [0.29, 0.717) is 0 Å². The Morgan fingerprint density at radius 2 is 1.82 bits per heavy atom. The lowest BCUT2D eigenvalue weighted by Gasteiger charge is -2.11. The summed E-state index contributed by atoms with van der Waals surface area (Å²) >= 11 is 6.97. The molecule has 0 saturated heterocycles. The maximum Gasteiger partial charge on any atom is 0.145 e. The van der Waals surface area contributed by atoms with E-state index in [0.717, 1.165) is 25.8 Å². The van der Waals surface area contributed by atoms with Gasteiger partial charge >= 0.3 is 0 Å². The van der Waals surface area contributed by atoms with Gasteiger partial charge in [0.05, 0.1) is 5.69 Å². The average molecular weight is 355 g/mol. The third kappa shape index (κ3) is 3.09. The van der Waals surface area contributed by atoms with E-state index in [1.807, 2.05) is 19.9 Å². The first-order valence-electron chi connectivity index (χ1n) is 4.73. The van der Waals surface area contributed by atoms with Gasteiger partial charge in [0.25, 0.3) is 0 Å². The predicted molar refractivity (Wildman–Crippen MR) is 74.2 cm³/mol. The number of nitrogens with one attached hydrogen (secondary N) is 1. The van der Waals surface area contributed by atoms with Gasteiger partial charge in [-0.1, -0.05) is 15.9 Å². The van der Waals surface area contributed by atoms with Crippen LogP contribution in [0.15, 0.2) is 26.8 Å². The van der Waals surface area contributed by atoms with Crippen LogP contribution >= 0.6 is 31.9 Å². The molecule has 0 atom stereocenters. The number of hydrogen-bond acceptors (Lipinski definition) is 3. The first-order valence-corrected chi connectivity index (χ1v) is 6.32. The summed E-state index contributed by atoms with van der Waals surface area (Å²) in [6.07, 6.45) is 1.40. The Labute approximate surface area is 117 Å². The standard InChI is InChI=1S/C12H9Br2N3/c1-7-3-10(12(14)8(2)11(7)13)17-6-9(4-15)5-16/h3,6,17H,1-2H3.